The van der Waals surface area contributed by atoms with E-state index in [9.17, 15) is 4.79 Å². The number of benzene rings is 3. The Balaban J connectivity index is 2.17. The van der Waals surface area contributed by atoms with Gasteiger partial charge in [0.15, 0.2) is 0 Å². The smallest absolute Gasteiger partial charge is 0.279 e. The van der Waals surface area contributed by atoms with Crippen LogP contribution >= 0.6 is 0 Å². The Hall–Kier alpha value is -2.81. The molecule has 0 radical (unpaired) electrons. The van der Waals surface area contributed by atoms with Crippen molar-refractivity contribution in [2.45, 2.75) is 0 Å². The zero-order valence-electron chi connectivity index (χ0n) is 11.7. The van der Waals surface area contributed by atoms with Crippen LogP contribution in [0.5, 0.6) is 0 Å². The van der Waals surface area contributed by atoms with Crippen molar-refractivity contribution < 1.29 is 0 Å². The zero-order chi connectivity index (χ0) is 14.4. The summed E-state index contributed by atoms with van der Waals surface area (Å²) >= 11 is 0. The summed E-state index contributed by atoms with van der Waals surface area (Å²) in [7, 11) is 1.92. The average Bonchev–Trinajstić information content (AvgIpc) is 2.79. The molecule has 1 aromatic heterocycles. The van der Waals surface area contributed by atoms with E-state index in [1.807, 2.05) is 60.3 Å². The maximum absolute atomic E-state index is 12.7. The molecule has 0 N–H and O–H groups in total. The van der Waals surface area contributed by atoms with Crippen LogP contribution in [0.3, 0.4) is 0 Å². The second-order valence-electron chi connectivity index (χ2n) is 5.16. The van der Waals surface area contributed by atoms with Crippen LogP contribution in [0.1, 0.15) is 0 Å². The normalized spacial score (nSPS) is 11.3. The maximum Gasteiger partial charge on any atom is 0.279 e. The topological polar surface area (TPSA) is 26.9 Å². The van der Waals surface area contributed by atoms with Crippen molar-refractivity contribution in [2.24, 2.45) is 7.05 Å². The first-order chi connectivity index (χ1) is 10.3. The van der Waals surface area contributed by atoms with E-state index in [0.29, 0.717) is 0 Å². The van der Waals surface area contributed by atoms with Gasteiger partial charge in [0.25, 0.3) is 5.56 Å². The Morgan fingerprint density at radius 1 is 0.762 bits per heavy atom. The molecule has 4 aromatic rings. The lowest BCUT2D eigenvalue weighted by Gasteiger charge is -2.10. The summed E-state index contributed by atoms with van der Waals surface area (Å²) in [6.45, 7) is 0. The lowest BCUT2D eigenvalue weighted by molar-refractivity contribution is 0.669. The summed E-state index contributed by atoms with van der Waals surface area (Å²) in [6.07, 6.45) is 0. The average molecular weight is 274 g/mol. The Morgan fingerprint density at radius 3 is 2.24 bits per heavy atom. The van der Waals surface area contributed by atoms with Gasteiger partial charge >= 0.3 is 0 Å². The highest BCUT2D eigenvalue weighted by molar-refractivity contribution is 5.91. The molecule has 0 amide bonds. The van der Waals surface area contributed by atoms with Crippen molar-refractivity contribution in [1.82, 2.24) is 9.36 Å². The molecule has 21 heavy (non-hydrogen) atoms. The molecule has 0 aliphatic heterocycles. The number of para-hydroxylation sites is 1. The number of hydrogen-bond donors (Lipinski definition) is 0. The lowest BCUT2D eigenvalue weighted by Crippen LogP contribution is -2.19. The van der Waals surface area contributed by atoms with Crippen LogP contribution in [0, 0.1) is 0 Å². The Labute approximate surface area is 121 Å². The quantitative estimate of drug-likeness (QED) is 0.522. The van der Waals surface area contributed by atoms with E-state index in [1.165, 1.54) is 0 Å². The Kier molecular flexibility index (Phi) is 2.48. The number of aryl methyl sites for hydroxylation is 1. The van der Waals surface area contributed by atoms with Crippen molar-refractivity contribution in [3.05, 3.63) is 77.1 Å². The fraction of sp³-hybridized carbons (Fsp3) is 0.0556. The van der Waals surface area contributed by atoms with E-state index in [-0.39, 0.29) is 5.56 Å². The van der Waals surface area contributed by atoms with Gasteiger partial charge < -0.3 is 0 Å². The van der Waals surface area contributed by atoms with Crippen molar-refractivity contribution in [3.63, 3.8) is 0 Å². The fourth-order valence-electron chi connectivity index (χ4n) is 2.96. The number of nitrogens with zero attached hydrogens (tertiary/aromatic N) is 2. The third-order valence-electron chi connectivity index (χ3n) is 3.97. The van der Waals surface area contributed by atoms with Gasteiger partial charge in [-0.2, -0.15) is 0 Å². The van der Waals surface area contributed by atoms with Crippen molar-refractivity contribution in [2.75, 3.05) is 0 Å². The molecule has 3 heteroatoms. The first-order valence-corrected chi connectivity index (χ1v) is 6.92. The van der Waals surface area contributed by atoms with Gasteiger partial charge in [-0.25, -0.2) is 4.68 Å². The summed E-state index contributed by atoms with van der Waals surface area (Å²) in [6, 6.07) is 21.9. The highest BCUT2D eigenvalue weighted by Crippen LogP contribution is 2.22. The molecule has 0 aliphatic carbocycles. The first-order valence-electron chi connectivity index (χ1n) is 6.92. The molecule has 0 atom stereocenters. The predicted octanol–water partition coefficient (Wildman–Crippen LogP) is 3.48. The minimum Gasteiger partial charge on any atom is -0.280 e. The van der Waals surface area contributed by atoms with Crippen LogP contribution in [0.25, 0.3) is 27.4 Å². The molecule has 0 fully saturated rings. The molecule has 0 saturated heterocycles. The Bertz CT molecular complexity index is 1020. The molecule has 4 rings (SSSR count). The van der Waals surface area contributed by atoms with Crippen LogP contribution in [0.15, 0.2) is 71.5 Å². The van der Waals surface area contributed by atoms with Crippen molar-refractivity contribution in [1.29, 1.82) is 0 Å². The summed E-state index contributed by atoms with van der Waals surface area (Å²) < 4.78 is 3.66. The van der Waals surface area contributed by atoms with Crippen LogP contribution in [-0.2, 0) is 7.05 Å². The van der Waals surface area contributed by atoms with E-state index in [1.54, 1.807) is 4.68 Å². The molecule has 0 bridgehead atoms. The van der Waals surface area contributed by atoms with Crippen LogP contribution < -0.4 is 5.56 Å². The zero-order valence-corrected chi connectivity index (χ0v) is 11.7. The molecule has 3 aromatic carbocycles. The third-order valence-corrected chi connectivity index (χ3v) is 3.97. The number of rotatable bonds is 1. The number of aromatic nitrogens is 2. The molecule has 0 saturated carbocycles. The van der Waals surface area contributed by atoms with E-state index < -0.39 is 0 Å². The SMILES string of the molecule is Cn1c2ccccc2c(=O)n1-c1cccc2ccccc12. The van der Waals surface area contributed by atoms with Gasteiger partial charge in [0.1, 0.15) is 0 Å². The fourth-order valence-corrected chi connectivity index (χ4v) is 2.96. The van der Waals surface area contributed by atoms with Gasteiger partial charge in [0.05, 0.1) is 16.6 Å². The second kappa shape index (κ2) is 4.35. The molecule has 0 unspecified atom stereocenters. The molecule has 0 spiro atoms. The van der Waals surface area contributed by atoms with Crippen molar-refractivity contribution >= 4 is 21.7 Å². The minimum absolute atomic E-state index is 0.0180. The van der Waals surface area contributed by atoms with Gasteiger partial charge in [-0.15, -0.1) is 0 Å². The van der Waals surface area contributed by atoms with Gasteiger partial charge in [0.2, 0.25) is 0 Å². The summed E-state index contributed by atoms with van der Waals surface area (Å²) in [5.41, 5.74) is 1.87. The molecular weight excluding hydrogens is 260 g/mol. The van der Waals surface area contributed by atoms with E-state index in [0.717, 1.165) is 27.4 Å². The Morgan fingerprint density at radius 2 is 1.43 bits per heavy atom. The molecular formula is C18H14N2O. The maximum atomic E-state index is 12.7. The van der Waals surface area contributed by atoms with E-state index in [2.05, 4.69) is 18.2 Å². The van der Waals surface area contributed by atoms with Crippen LogP contribution in [0.2, 0.25) is 0 Å². The predicted molar refractivity (Wildman–Crippen MR) is 86.0 cm³/mol. The summed E-state index contributed by atoms with van der Waals surface area (Å²) in [4.78, 5) is 12.7. The molecule has 102 valence electrons. The number of hydrogen-bond acceptors (Lipinski definition) is 1. The minimum atomic E-state index is 0.0180. The molecule has 3 nitrogen and oxygen atoms in total. The van der Waals surface area contributed by atoms with Crippen LogP contribution in [0.4, 0.5) is 0 Å². The van der Waals surface area contributed by atoms with Crippen molar-refractivity contribution in [3.8, 4) is 5.69 Å². The summed E-state index contributed by atoms with van der Waals surface area (Å²) in [5.74, 6) is 0. The van der Waals surface area contributed by atoms with E-state index >= 15 is 0 Å². The first kappa shape index (κ1) is 12.0. The monoisotopic (exact) mass is 274 g/mol. The van der Waals surface area contributed by atoms with Gasteiger partial charge in [-0.05, 0) is 23.6 Å². The standard InChI is InChI=1S/C18H14N2O/c1-19-16-11-5-4-10-15(16)18(21)20(19)17-12-6-8-13-7-2-3-9-14(13)17/h2-12H,1H3. The largest absolute Gasteiger partial charge is 0.280 e. The van der Waals surface area contributed by atoms with E-state index in [4.69, 9.17) is 0 Å². The van der Waals surface area contributed by atoms with Gasteiger partial charge in [-0.1, -0.05) is 48.5 Å². The molecule has 1 heterocycles. The highest BCUT2D eigenvalue weighted by atomic mass is 16.1. The lowest BCUT2D eigenvalue weighted by atomic mass is 10.1. The van der Waals surface area contributed by atoms with Gasteiger partial charge in [-0.3, -0.25) is 9.48 Å². The highest BCUT2D eigenvalue weighted by Gasteiger charge is 2.13. The number of fused-ring (bicyclic) bond motifs is 2. The third kappa shape index (κ3) is 1.64. The molecule has 0 aliphatic rings. The summed E-state index contributed by atoms with van der Waals surface area (Å²) in [5, 5.41) is 2.95. The van der Waals surface area contributed by atoms with Crippen LogP contribution in [-0.4, -0.2) is 9.36 Å². The second-order valence-corrected chi connectivity index (χ2v) is 5.16. The van der Waals surface area contributed by atoms with Gasteiger partial charge in [0, 0.05) is 12.4 Å².